The number of rotatable bonds is 13. The number of nitrogen functional groups attached to an aromatic ring is 1. The van der Waals surface area contributed by atoms with Crippen LogP contribution in [-0.2, 0) is 16.1 Å². The third-order valence-corrected chi connectivity index (χ3v) is 5.45. The fourth-order valence-electron chi connectivity index (χ4n) is 3.56. The molecule has 3 rings (SSSR count). The van der Waals surface area contributed by atoms with Gasteiger partial charge in [-0.25, -0.2) is 4.79 Å². The lowest BCUT2D eigenvalue weighted by Gasteiger charge is -2.06. The highest BCUT2D eigenvalue weighted by Crippen LogP contribution is 2.23. The summed E-state index contributed by atoms with van der Waals surface area (Å²) in [5.41, 5.74) is 6.14. The Morgan fingerprint density at radius 1 is 0.914 bits per heavy atom. The number of hydrogen-bond acceptors (Lipinski definition) is 6. The van der Waals surface area contributed by atoms with Gasteiger partial charge < -0.3 is 25.3 Å². The van der Waals surface area contributed by atoms with Crippen LogP contribution >= 0.6 is 0 Å². The summed E-state index contributed by atoms with van der Waals surface area (Å²) in [4.78, 5) is 34.9. The molecule has 35 heavy (non-hydrogen) atoms. The maximum atomic E-state index is 12.5. The molecule has 0 saturated heterocycles. The van der Waals surface area contributed by atoms with Crippen molar-refractivity contribution in [1.29, 1.82) is 5.41 Å². The van der Waals surface area contributed by atoms with Crippen molar-refractivity contribution in [2.45, 2.75) is 51.5 Å². The molecule has 0 aliphatic rings. The minimum Gasteiger partial charge on any atom is -0.481 e. The SMILES string of the molecule is N=C(N)c1ccc2cc(OC(=O)c3ccc(CNC(=O)CCCCCCCC(=O)O)o3)ccc2c1. The average molecular weight is 480 g/mol. The van der Waals surface area contributed by atoms with E-state index in [1.54, 1.807) is 42.5 Å². The van der Waals surface area contributed by atoms with Crippen LogP contribution in [0.5, 0.6) is 5.75 Å². The van der Waals surface area contributed by atoms with Crippen molar-refractivity contribution in [2.24, 2.45) is 5.73 Å². The molecule has 9 heteroatoms. The number of amidine groups is 1. The Balaban J connectivity index is 1.42. The molecule has 0 atom stereocenters. The van der Waals surface area contributed by atoms with E-state index in [1.165, 1.54) is 6.07 Å². The average Bonchev–Trinajstić information content (AvgIpc) is 3.31. The zero-order valence-corrected chi connectivity index (χ0v) is 19.3. The normalized spacial score (nSPS) is 10.7. The van der Waals surface area contributed by atoms with E-state index in [1.807, 2.05) is 0 Å². The number of nitrogens with one attached hydrogen (secondary N) is 2. The second kappa shape index (κ2) is 12.4. The van der Waals surface area contributed by atoms with Gasteiger partial charge in [-0.1, -0.05) is 37.5 Å². The molecule has 0 fully saturated rings. The van der Waals surface area contributed by atoms with Gasteiger partial charge in [-0.15, -0.1) is 0 Å². The summed E-state index contributed by atoms with van der Waals surface area (Å²) in [6.45, 7) is 0.166. The number of amides is 1. The Kier molecular flexibility index (Phi) is 9.00. The van der Waals surface area contributed by atoms with E-state index < -0.39 is 11.9 Å². The van der Waals surface area contributed by atoms with Crippen molar-refractivity contribution in [1.82, 2.24) is 5.32 Å². The van der Waals surface area contributed by atoms with Crippen molar-refractivity contribution in [2.75, 3.05) is 0 Å². The summed E-state index contributed by atoms with van der Waals surface area (Å²) in [6.07, 6.45) is 4.58. The number of carboxylic acid groups (broad SMARTS) is 1. The maximum absolute atomic E-state index is 12.5. The smallest absolute Gasteiger partial charge is 0.379 e. The van der Waals surface area contributed by atoms with Crippen molar-refractivity contribution >= 4 is 34.5 Å². The Labute approximate surface area is 202 Å². The number of carbonyl (C=O) groups excluding carboxylic acids is 2. The maximum Gasteiger partial charge on any atom is 0.379 e. The van der Waals surface area contributed by atoms with Crippen molar-refractivity contribution in [3.63, 3.8) is 0 Å². The number of furan rings is 1. The second-order valence-corrected chi connectivity index (χ2v) is 8.23. The van der Waals surface area contributed by atoms with Gasteiger partial charge >= 0.3 is 11.9 Å². The number of carboxylic acids is 1. The Bertz CT molecular complexity index is 1220. The third-order valence-electron chi connectivity index (χ3n) is 5.45. The Hall–Kier alpha value is -4.14. The zero-order valence-electron chi connectivity index (χ0n) is 19.3. The van der Waals surface area contributed by atoms with Gasteiger partial charge in [0, 0.05) is 18.4 Å². The first-order valence-electron chi connectivity index (χ1n) is 11.5. The van der Waals surface area contributed by atoms with Crippen LogP contribution in [0.15, 0.2) is 52.9 Å². The molecule has 1 amide bonds. The summed E-state index contributed by atoms with van der Waals surface area (Å²) < 4.78 is 10.9. The Morgan fingerprint density at radius 3 is 2.34 bits per heavy atom. The van der Waals surface area contributed by atoms with E-state index >= 15 is 0 Å². The molecule has 3 aromatic rings. The van der Waals surface area contributed by atoms with Gasteiger partial charge in [0.15, 0.2) is 0 Å². The summed E-state index contributed by atoms with van der Waals surface area (Å²) in [6, 6.07) is 13.6. The van der Waals surface area contributed by atoms with E-state index in [0.717, 1.165) is 36.5 Å². The van der Waals surface area contributed by atoms with Gasteiger partial charge in [0.25, 0.3) is 0 Å². The van der Waals surface area contributed by atoms with Crippen LogP contribution < -0.4 is 15.8 Å². The first kappa shape index (κ1) is 25.5. The highest BCUT2D eigenvalue weighted by molar-refractivity contribution is 5.99. The van der Waals surface area contributed by atoms with Crippen LogP contribution in [-0.4, -0.2) is 28.8 Å². The highest BCUT2D eigenvalue weighted by atomic mass is 16.5. The predicted octanol–water partition coefficient (Wildman–Crippen LogP) is 4.37. The molecule has 0 radical (unpaired) electrons. The van der Waals surface area contributed by atoms with Gasteiger partial charge in [-0.3, -0.25) is 15.0 Å². The van der Waals surface area contributed by atoms with Crippen LogP contribution in [0.3, 0.4) is 0 Å². The fraction of sp³-hybridized carbons (Fsp3) is 0.308. The Morgan fingerprint density at radius 2 is 1.60 bits per heavy atom. The van der Waals surface area contributed by atoms with E-state index in [2.05, 4.69) is 5.32 Å². The van der Waals surface area contributed by atoms with Crippen molar-refractivity contribution in [3.05, 3.63) is 65.6 Å². The quantitative estimate of drug-likeness (QED) is 0.0932. The van der Waals surface area contributed by atoms with Crippen molar-refractivity contribution in [3.8, 4) is 5.75 Å². The fourth-order valence-corrected chi connectivity index (χ4v) is 3.56. The first-order chi connectivity index (χ1) is 16.8. The molecule has 1 aromatic heterocycles. The number of aliphatic carboxylic acids is 1. The third kappa shape index (κ3) is 7.99. The lowest BCUT2D eigenvalue weighted by Crippen LogP contribution is -2.22. The van der Waals surface area contributed by atoms with Gasteiger partial charge in [-0.05, 0) is 53.9 Å². The molecule has 184 valence electrons. The molecule has 0 bridgehead atoms. The van der Waals surface area contributed by atoms with Gasteiger partial charge in [-0.2, -0.15) is 0 Å². The molecule has 0 unspecified atom stereocenters. The van der Waals surface area contributed by atoms with Gasteiger partial charge in [0.2, 0.25) is 11.7 Å². The molecule has 0 saturated carbocycles. The predicted molar refractivity (Wildman–Crippen MR) is 130 cm³/mol. The second-order valence-electron chi connectivity index (χ2n) is 8.23. The lowest BCUT2D eigenvalue weighted by atomic mass is 10.1. The topological polar surface area (TPSA) is 156 Å². The number of benzene rings is 2. The molecule has 0 spiro atoms. The van der Waals surface area contributed by atoms with E-state index in [9.17, 15) is 14.4 Å². The number of ether oxygens (including phenoxy) is 1. The monoisotopic (exact) mass is 479 g/mol. The molecular formula is C26H29N3O6. The van der Waals surface area contributed by atoms with Crippen molar-refractivity contribution < 1.29 is 28.6 Å². The van der Waals surface area contributed by atoms with Crippen LogP contribution in [0.2, 0.25) is 0 Å². The van der Waals surface area contributed by atoms with Crippen LogP contribution in [0.4, 0.5) is 0 Å². The molecule has 9 nitrogen and oxygen atoms in total. The molecule has 0 aliphatic heterocycles. The summed E-state index contributed by atoms with van der Waals surface area (Å²) in [7, 11) is 0. The van der Waals surface area contributed by atoms with E-state index in [-0.39, 0.29) is 30.5 Å². The van der Waals surface area contributed by atoms with Crippen LogP contribution in [0.25, 0.3) is 10.8 Å². The zero-order chi connectivity index (χ0) is 25.2. The standard InChI is InChI=1S/C26H29N3O6/c27-25(28)19-9-8-18-15-20(11-10-17(18)14-19)35-26(33)22-13-12-21(34-22)16-29-23(30)6-4-2-1-3-5-7-24(31)32/h8-15H,1-7,16H2,(H3,27,28)(H,29,30)(H,31,32). The number of esters is 1. The van der Waals surface area contributed by atoms with Gasteiger partial charge in [0.05, 0.1) is 6.54 Å². The number of nitrogens with two attached hydrogens (primary N) is 1. The van der Waals surface area contributed by atoms with Crippen LogP contribution in [0, 0.1) is 5.41 Å². The largest absolute Gasteiger partial charge is 0.481 e. The van der Waals surface area contributed by atoms with E-state index in [0.29, 0.717) is 29.9 Å². The molecule has 5 N–H and O–H groups in total. The summed E-state index contributed by atoms with van der Waals surface area (Å²) >= 11 is 0. The minimum absolute atomic E-state index is 0.0165. The summed E-state index contributed by atoms with van der Waals surface area (Å²) in [5, 5.41) is 20.6. The number of hydrogen-bond donors (Lipinski definition) is 4. The number of unbranched alkanes of at least 4 members (excludes halogenated alkanes) is 4. The number of fused-ring (bicyclic) bond motifs is 1. The summed E-state index contributed by atoms with van der Waals surface area (Å²) in [5.74, 6) is -0.732. The minimum atomic E-state index is -0.780. The number of carbonyl (C=O) groups is 3. The van der Waals surface area contributed by atoms with Gasteiger partial charge in [0.1, 0.15) is 17.3 Å². The molecule has 0 aliphatic carbocycles. The van der Waals surface area contributed by atoms with Crippen LogP contribution in [0.1, 0.15) is 66.8 Å². The highest BCUT2D eigenvalue weighted by Gasteiger charge is 2.15. The first-order valence-corrected chi connectivity index (χ1v) is 11.5. The lowest BCUT2D eigenvalue weighted by molar-refractivity contribution is -0.137. The molecular weight excluding hydrogens is 450 g/mol. The molecule has 2 aromatic carbocycles. The molecule has 1 heterocycles. The van der Waals surface area contributed by atoms with E-state index in [4.69, 9.17) is 25.4 Å².